The number of sulfone groups is 1. The monoisotopic (exact) mass is 261 g/mol. The van der Waals surface area contributed by atoms with Crippen LogP contribution in [0.5, 0.6) is 0 Å². The van der Waals surface area contributed by atoms with Crippen LogP contribution in [0.25, 0.3) is 0 Å². The van der Waals surface area contributed by atoms with Crippen molar-refractivity contribution >= 4 is 9.84 Å². The maximum atomic E-state index is 12.0. The van der Waals surface area contributed by atoms with Gasteiger partial charge in [-0.25, -0.2) is 8.42 Å². The summed E-state index contributed by atoms with van der Waals surface area (Å²) in [5.74, 6) is 0.814. The Labute approximate surface area is 106 Å². The summed E-state index contributed by atoms with van der Waals surface area (Å²) in [5, 5.41) is 3.49. The second-order valence-corrected chi connectivity index (χ2v) is 9.04. The van der Waals surface area contributed by atoms with Gasteiger partial charge in [-0.05, 0) is 52.5 Å². The molecule has 0 radical (unpaired) electrons. The SMILES string of the molecule is CCC(CCS(=O)(=O)C(C)(C)C)CNC1CC1. The first kappa shape index (κ1) is 15.0. The van der Waals surface area contributed by atoms with Gasteiger partial charge in [0, 0.05) is 6.04 Å². The number of hydrogen-bond donors (Lipinski definition) is 1. The Morgan fingerprint density at radius 3 is 2.29 bits per heavy atom. The minimum Gasteiger partial charge on any atom is -0.314 e. The Bertz CT molecular complexity index is 326. The van der Waals surface area contributed by atoms with Gasteiger partial charge >= 0.3 is 0 Å². The smallest absolute Gasteiger partial charge is 0.155 e. The molecule has 102 valence electrons. The molecular weight excluding hydrogens is 234 g/mol. The fraction of sp³-hybridized carbons (Fsp3) is 1.00. The number of rotatable bonds is 7. The van der Waals surface area contributed by atoms with E-state index in [9.17, 15) is 8.42 Å². The van der Waals surface area contributed by atoms with Crippen LogP contribution in [0, 0.1) is 5.92 Å². The maximum absolute atomic E-state index is 12.0. The molecule has 0 saturated heterocycles. The highest BCUT2D eigenvalue weighted by atomic mass is 32.2. The van der Waals surface area contributed by atoms with Crippen molar-refractivity contribution in [3.05, 3.63) is 0 Å². The Kier molecular flexibility index (Phi) is 5.02. The zero-order valence-corrected chi connectivity index (χ0v) is 12.4. The molecular formula is C13H27NO2S. The quantitative estimate of drug-likeness (QED) is 0.765. The first-order valence-electron chi connectivity index (χ1n) is 6.72. The minimum atomic E-state index is -2.95. The molecule has 1 aliphatic carbocycles. The number of nitrogens with one attached hydrogen (secondary N) is 1. The fourth-order valence-corrected chi connectivity index (χ4v) is 2.96. The van der Waals surface area contributed by atoms with Gasteiger partial charge in [0.15, 0.2) is 9.84 Å². The molecule has 0 amide bonds. The van der Waals surface area contributed by atoms with Crippen LogP contribution in [-0.2, 0) is 9.84 Å². The van der Waals surface area contributed by atoms with E-state index in [1.165, 1.54) is 12.8 Å². The summed E-state index contributed by atoms with van der Waals surface area (Å²) < 4.78 is 23.4. The predicted molar refractivity (Wildman–Crippen MR) is 73.0 cm³/mol. The van der Waals surface area contributed by atoms with Gasteiger partial charge in [0.05, 0.1) is 10.5 Å². The molecule has 1 atom stereocenters. The molecule has 1 fully saturated rings. The fourth-order valence-electron chi connectivity index (χ4n) is 1.70. The van der Waals surface area contributed by atoms with Crippen LogP contribution in [0.4, 0.5) is 0 Å². The highest BCUT2D eigenvalue weighted by Gasteiger charge is 2.29. The lowest BCUT2D eigenvalue weighted by molar-refractivity contribution is 0.445. The van der Waals surface area contributed by atoms with Crippen molar-refractivity contribution < 1.29 is 8.42 Å². The molecule has 1 saturated carbocycles. The molecule has 0 spiro atoms. The summed E-state index contributed by atoms with van der Waals surface area (Å²) in [6.45, 7) is 8.47. The lowest BCUT2D eigenvalue weighted by atomic mass is 10.0. The van der Waals surface area contributed by atoms with E-state index in [1.807, 2.05) is 0 Å². The average molecular weight is 261 g/mol. The molecule has 1 N–H and O–H groups in total. The summed E-state index contributed by atoms with van der Waals surface area (Å²) in [6.07, 6.45) is 4.42. The van der Waals surface area contributed by atoms with Crippen LogP contribution >= 0.6 is 0 Å². The molecule has 3 nitrogen and oxygen atoms in total. The zero-order valence-electron chi connectivity index (χ0n) is 11.6. The molecule has 0 aromatic heterocycles. The van der Waals surface area contributed by atoms with Crippen LogP contribution in [0.15, 0.2) is 0 Å². The molecule has 0 aliphatic heterocycles. The van der Waals surface area contributed by atoms with Gasteiger partial charge in [-0.1, -0.05) is 13.3 Å². The average Bonchev–Trinajstić information content (AvgIpc) is 3.00. The van der Waals surface area contributed by atoms with E-state index in [0.29, 0.717) is 17.7 Å². The Morgan fingerprint density at radius 1 is 1.29 bits per heavy atom. The lowest BCUT2D eigenvalue weighted by Gasteiger charge is -2.21. The van der Waals surface area contributed by atoms with Crippen molar-refractivity contribution in [3.63, 3.8) is 0 Å². The van der Waals surface area contributed by atoms with Crippen molar-refractivity contribution in [3.8, 4) is 0 Å². The molecule has 0 aromatic carbocycles. The molecule has 1 rings (SSSR count). The van der Waals surface area contributed by atoms with Crippen LogP contribution < -0.4 is 5.32 Å². The molecule has 4 heteroatoms. The number of hydrogen-bond acceptors (Lipinski definition) is 3. The standard InChI is InChI=1S/C13H27NO2S/c1-5-11(10-14-12-6-7-12)8-9-17(15,16)13(2,3)4/h11-12,14H,5-10H2,1-4H3. The Balaban J connectivity index is 2.35. The molecule has 0 bridgehead atoms. The second-order valence-electron chi connectivity index (χ2n) is 6.18. The normalized spacial score (nSPS) is 19.3. The van der Waals surface area contributed by atoms with E-state index in [-0.39, 0.29) is 0 Å². The predicted octanol–water partition coefficient (Wildman–Crippen LogP) is 2.37. The first-order chi connectivity index (χ1) is 7.76. The third-order valence-electron chi connectivity index (χ3n) is 3.58. The van der Waals surface area contributed by atoms with E-state index in [0.717, 1.165) is 19.4 Å². The summed E-state index contributed by atoms with van der Waals surface area (Å²) in [4.78, 5) is 0. The molecule has 17 heavy (non-hydrogen) atoms. The second kappa shape index (κ2) is 5.70. The molecule has 1 unspecified atom stereocenters. The maximum Gasteiger partial charge on any atom is 0.155 e. The van der Waals surface area contributed by atoms with E-state index in [4.69, 9.17) is 0 Å². The largest absolute Gasteiger partial charge is 0.314 e. The lowest BCUT2D eigenvalue weighted by Crippen LogP contribution is -2.32. The molecule has 1 aliphatic rings. The third-order valence-corrected chi connectivity index (χ3v) is 6.22. The van der Waals surface area contributed by atoms with Gasteiger partial charge in [0.25, 0.3) is 0 Å². The topological polar surface area (TPSA) is 46.2 Å². The summed E-state index contributed by atoms with van der Waals surface area (Å²) in [6, 6.07) is 0.711. The van der Waals surface area contributed by atoms with Crippen LogP contribution in [0.2, 0.25) is 0 Å². The van der Waals surface area contributed by atoms with Gasteiger partial charge in [-0.3, -0.25) is 0 Å². The molecule has 0 aromatic rings. The van der Waals surface area contributed by atoms with Crippen molar-refractivity contribution in [2.24, 2.45) is 5.92 Å². The van der Waals surface area contributed by atoms with Gasteiger partial charge in [-0.15, -0.1) is 0 Å². The van der Waals surface area contributed by atoms with Crippen molar-refractivity contribution in [2.75, 3.05) is 12.3 Å². The van der Waals surface area contributed by atoms with Crippen LogP contribution in [-0.4, -0.2) is 31.5 Å². The Morgan fingerprint density at radius 2 is 1.88 bits per heavy atom. The summed E-state index contributed by atoms with van der Waals surface area (Å²) in [7, 11) is -2.95. The van der Waals surface area contributed by atoms with Crippen LogP contribution in [0.3, 0.4) is 0 Å². The van der Waals surface area contributed by atoms with E-state index < -0.39 is 14.6 Å². The molecule has 0 heterocycles. The van der Waals surface area contributed by atoms with Crippen molar-refractivity contribution in [2.45, 2.75) is 64.2 Å². The van der Waals surface area contributed by atoms with E-state index in [2.05, 4.69) is 12.2 Å². The highest BCUT2D eigenvalue weighted by molar-refractivity contribution is 7.92. The van der Waals surface area contributed by atoms with Crippen molar-refractivity contribution in [1.82, 2.24) is 5.32 Å². The van der Waals surface area contributed by atoms with E-state index in [1.54, 1.807) is 20.8 Å². The van der Waals surface area contributed by atoms with Gasteiger partial charge in [0.1, 0.15) is 0 Å². The van der Waals surface area contributed by atoms with Crippen LogP contribution in [0.1, 0.15) is 53.4 Å². The van der Waals surface area contributed by atoms with Gasteiger partial charge in [0.2, 0.25) is 0 Å². The highest BCUT2D eigenvalue weighted by Crippen LogP contribution is 2.22. The van der Waals surface area contributed by atoms with Crippen molar-refractivity contribution in [1.29, 1.82) is 0 Å². The Hall–Kier alpha value is -0.0900. The van der Waals surface area contributed by atoms with Gasteiger partial charge in [-0.2, -0.15) is 0 Å². The summed E-state index contributed by atoms with van der Waals surface area (Å²) >= 11 is 0. The van der Waals surface area contributed by atoms with E-state index >= 15 is 0 Å². The summed E-state index contributed by atoms with van der Waals surface area (Å²) in [5.41, 5.74) is 0. The third kappa shape index (κ3) is 4.96. The van der Waals surface area contributed by atoms with Gasteiger partial charge < -0.3 is 5.32 Å². The minimum absolute atomic E-state index is 0.321. The first-order valence-corrected chi connectivity index (χ1v) is 8.37. The zero-order chi connectivity index (χ0) is 13.1.